The highest BCUT2D eigenvalue weighted by molar-refractivity contribution is 7.92. The maximum atomic E-state index is 13.4. The maximum absolute atomic E-state index is 13.4. The first-order chi connectivity index (χ1) is 12.4. The number of nitrogens with one attached hydrogen (secondary N) is 1. The SMILES string of the molecule is CCCCOC(=O)c1ccc(NS(=O)(=O)c2ccc(F)c(OC)c2)cc1. The number of ether oxygens (including phenoxy) is 2. The van der Waals surface area contributed by atoms with Crippen LogP contribution in [0.15, 0.2) is 47.4 Å². The molecule has 6 nitrogen and oxygen atoms in total. The number of hydrogen-bond donors (Lipinski definition) is 1. The van der Waals surface area contributed by atoms with Crippen molar-refractivity contribution in [3.63, 3.8) is 0 Å². The average molecular weight is 381 g/mol. The van der Waals surface area contributed by atoms with Crippen molar-refractivity contribution in [3.8, 4) is 5.75 Å². The molecular weight excluding hydrogens is 361 g/mol. The van der Waals surface area contributed by atoms with Crippen LogP contribution in [0.2, 0.25) is 0 Å². The van der Waals surface area contributed by atoms with Crippen LogP contribution < -0.4 is 9.46 Å². The van der Waals surface area contributed by atoms with E-state index in [1.165, 1.54) is 31.4 Å². The zero-order valence-electron chi connectivity index (χ0n) is 14.5. The van der Waals surface area contributed by atoms with Gasteiger partial charge in [-0.1, -0.05) is 13.3 Å². The highest BCUT2D eigenvalue weighted by Crippen LogP contribution is 2.23. The lowest BCUT2D eigenvalue weighted by molar-refractivity contribution is 0.0500. The molecule has 0 unspecified atom stereocenters. The van der Waals surface area contributed by atoms with Gasteiger partial charge in [0.1, 0.15) is 0 Å². The van der Waals surface area contributed by atoms with Gasteiger partial charge in [0.05, 0.1) is 24.2 Å². The molecule has 0 atom stereocenters. The van der Waals surface area contributed by atoms with Crippen molar-refractivity contribution in [2.45, 2.75) is 24.7 Å². The largest absolute Gasteiger partial charge is 0.494 e. The fourth-order valence-electron chi connectivity index (χ4n) is 2.09. The molecule has 1 N–H and O–H groups in total. The van der Waals surface area contributed by atoms with Gasteiger partial charge < -0.3 is 9.47 Å². The lowest BCUT2D eigenvalue weighted by atomic mass is 10.2. The molecule has 0 aromatic heterocycles. The number of carbonyl (C=O) groups is 1. The number of rotatable bonds is 8. The van der Waals surface area contributed by atoms with E-state index < -0.39 is 21.8 Å². The molecule has 2 aromatic carbocycles. The maximum Gasteiger partial charge on any atom is 0.338 e. The number of halogens is 1. The number of hydrogen-bond acceptors (Lipinski definition) is 5. The molecule has 0 amide bonds. The molecule has 0 radical (unpaired) electrons. The van der Waals surface area contributed by atoms with E-state index in [1.807, 2.05) is 6.92 Å². The molecule has 0 saturated carbocycles. The Hall–Kier alpha value is -2.61. The van der Waals surface area contributed by atoms with Gasteiger partial charge in [-0.25, -0.2) is 17.6 Å². The number of unbranched alkanes of at least 4 members (excludes halogenated alkanes) is 1. The Balaban J connectivity index is 2.11. The monoisotopic (exact) mass is 381 g/mol. The zero-order valence-corrected chi connectivity index (χ0v) is 15.3. The summed E-state index contributed by atoms with van der Waals surface area (Å²) >= 11 is 0. The molecule has 0 saturated heterocycles. The van der Waals surface area contributed by atoms with Gasteiger partial charge in [0.15, 0.2) is 11.6 Å². The van der Waals surface area contributed by atoms with Gasteiger partial charge in [-0.15, -0.1) is 0 Å². The molecule has 2 rings (SSSR count). The number of carbonyl (C=O) groups excluding carboxylic acids is 1. The first-order valence-electron chi connectivity index (χ1n) is 8.01. The molecule has 2 aromatic rings. The molecule has 0 aliphatic heterocycles. The molecular formula is C18H20FNO5S. The van der Waals surface area contributed by atoms with Gasteiger partial charge in [-0.2, -0.15) is 0 Å². The fraction of sp³-hybridized carbons (Fsp3) is 0.278. The summed E-state index contributed by atoms with van der Waals surface area (Å²) in [7, 11) is -2.68. The predicted molar refractivity (Wildman–Crippen MR) is 95.4 cm³/mol. The number of anilines is 1. The van der Waals surface area contributed by atoms with Crippen molar-refractivity contribution in [1.29, 1.82) is 0 Å². The summed E-state index contributed by atoms with van der Waals surface area (Å²) in [5, 5.41) is 0. The summed E-state index contributed by atoms with van der Waals surface area (Å²) in [6.07, 6.45) is 1.70. The second-order valence-corrected chi connectivity index (χ2v) is 7.15. The quantitative estimate of drug-likeness (QED) is 0.558. The minimum absolute atomic E-state index is 0.140. The van der Waals surface area contributed by atoms with E-state index in [0.29, 0.717) is 12.2 Å². The molecule has 0 fully saturated rings. The van der Waals surface area contributed by atoms with Crippen molar-refractivity contribution in [1.82, 2.24) is 0 Å². The Labute approximate surface area is 152 Å². The first-order valence-corrected chi connectivity index (χ1v) is 9.49. The number of methoxy groups -OCH3 is 1. The molecule has 8 heteroatoms. The second-order valence-electron chi connectivity index (χ2n) is 5.47. The van der Waals surface area contributed by atoms with E-state index in [9.17, 15) is 17.6 Å². The van der Waals surface area contributed by atoms with Gasteiger partial charge in [0.25, 0.3) is 10.0 Å². The highest BCUT2D eigenvalue weighted by Gasteiger charge is 2.17. The number of esters is 1. The molecule has 0 aliphatic rings. The lowest BCUT2D eigenvalue weighted by Gasteiger charge is -2.10. The third-order valence-corrected chi connectivity index (χ3v) is 4.92. The summed E-state index contributed by atoms with van der Waals surface area (Å²) in [5.74, 6) is -1.29. The summed E-state index contributed by atoms with van der Waals surface area (Å²) in [4.78, 5) is 11.7. The molecule has 0 heterocycles. The molecule has 0 bridgehead atoms. The van der Waals surface area contributed by atoms with Gasteiger partial charge >= 0.3 is 5.97 Å². The van der Waals surface area contributed by atoms with Gasteiger partial charge in [0, 0.05) is 11.8 Å². The van der Waals surface area contributed by atoms with Crippen molar-refractivity contribution >= 4 is 21.7 Å². The molecule has 0 spiro atoms. The Kier molecular flexibility index (Phi) is 6.57. The summed E-state index contributed by atoms with van der Waals surface area (Å²) < 4.78 is 50.5. The van der Waals surface area contributed by atoms with Crippen LogP contribution in [0.25, 0.3) is 0 Å². The van der Waals surface area contributed by atoms with E-state index in [1.54, 1.807) is 0 Å². The van der Waals surface area contributed by atoms with E-state index in [-0.39, 0.29) is 16.3 Å². The topological polar surface area (TPSA) is 81.7 Å². The van der Waals surface area contributed by atoms with Crippen LogP contribution in [-0.4, -0.2) is 28.1 Å². The zero-order chi connectivity index (χ0) is 19.2. The van der Waals surface area contributed by atoms with Crippen molar-refractivity contribution in [2.75, 3.05) is 18.4 Å². The molecule has 26 heavy (non-hydrogen) atoms. The van der Waals surface area contributed by atoms with Crippen molar-refractivity contribution in [2.24, 2.45) is 0 Å². The van der Waals surface area contributed by atoms with Crippen molar-refractivity contribution in [3.05, 3.63) is 53.8 Å². The van der Waals surface area contributed by atoms with Crippen LogP contribution in [0.4, 0.5) is 10.1 Å². The lowest BCUT2D eigenvalue weighted by Crippen LogP contribution is -2.13. The highest BCUT2D eigenvalue weighted by atomic mass is 32.2. The minimum Gasteiger partial charge on any atom is -0.494 e. The van der Waals surface area contributed by atoms with Crippen molar-refractivity contribution < 1.29 is 27.1 Å². The Bertz CT molecular complexity index is 866. The Morgan fingerprint density at radius 1 is 1.15 bits per heavy atom. The van der Waals surface area contributed by atoms with Crippen LogP contribution in [0, 0.1) is 5.82 Å². The van der Waals surface area contributed by atoms with Gasteiger partial charge in [0.2, 0.25) is 0 Å². The van der Waals surface area contributed by atoms with Gasteiger partial charge in [-0.3, -0.25) is 4.72 Å². The van der Waals surface area contributed by atoms with Crippen LogP contribution >= 0.6 is 0 Å². The number of sulfonamides is 1. The van der Waals surface area contributed by atoms with Crippen LogP contribution in [0.5, 0.6) is 5.75 Å². The van der Waals surface area contributed by atoms with Gasteiger partial charge in [-0.05, 0) is 42.8 Å². The predicted octanol–water partition coefficient (Wildman–Crippen LogP) is 3.59. The van der Waals surface area contributed by atoms with E-state index in [2.05, 4.69) is 4.72 Å². The third kappa shape index (κ3) is 4.95. The van der Waals surface area contributed by atoms with Crippen LogP contribution in [-0.2, 0) is 14.8 Å². The summed E-state index contributed by atoms with van der Waals surface area (Å²) in [6, 6.07) is 9.10. The van der Waals surface area contributed by atoms with Crippen LogP contribution in [0.3, 0.4) is 0 Å². The standard InChI is InChI=1S/C18H20FNO5S/c1-3-4-11-25-18(21)13-5-7-14(8-6-13)20-26(22,23)15-9-10-16(19)17(12-15)24-2/h5-10,12,20H,3-4,11H2,1-2H3. The Morgan fingerprint density at radius 3 is 2.46 bits per heavy atom. The van der Waals surface area contributed by atoms with E-state index in [4.69, 9.17) is 9.47 Å². The number of benzene rings is 2. The summed E-state index contributed by atoms with van der Waals surface area (Å²) in [5.41, 5.74) is 0.589. The minimum atomic E-state index is -3.93. The third-order valence-electron chi connectivity index (χ3n) is 3.54. The van der Waals surface area contributed by atoms with E-state index >= 15 is 0 Å². The van der Waals surface area contributed by atoms with E-state index in [0.717, 1.165) is 31.0 Å². The molecule has 0 aliphatic carbocycles. The molecule has 140 valence electrons. The first kappa shape index (κ1) is 19.7. The second kappa shape index (κ2) is 8.66. The smallest absolute Gasteiger partial charge is 0.338 e. The van der Waals surface area contributed by atoms with Crippen LogP contribution in [0.1, 0.15) is 30.1 Å². The summed E-state index contributed by atoms with van der Waals surface area (Å²) in [6.45, 7) is 2.33. The Morgan fingerprint density at radius 2 is 1.85 bits per heavy atom. The average Bonchev–Trinajstić information content (AvgIpc) is 2.62. The fourth-order valence-corrected chi connectivity index (χ4v) is 3.16. The normalized spacial score (nSPS) is 11.0.